The first-order valence-electron chi connectivity index (χ1n) is 8.21. The van der Waals surface area contributed by atoms with Crippen LogP contribution in [0.3, 0.4) is 0 Å². The number of nitrogens with zero attached hydrogens (tertiary/aromatic N) is 3. The highest BCUT2D eigenvalue weighted by Gasteiger charge is 2.17. The third kappa shape index (κ3) is 3.81. The first kappa shape index (κ1) is 17.4. The number of halogens is 1. The van der Waals surface area contributed by atoms with Crippen LogP contribution in [0.15, 0.2) is 48.8 Å². The molecule has 3 aromatic rings. The molecular weight excluding hydrogens is 338 g/mol. The molecule has 0 bridgehead atoms. The number of carbonyl (C=O) groups excluding carboxylic acids is 1. The van der Waals surface area contributed by atoms with Gasteiger partial charge in [-0.15, -0.1) is 12.4 Å². The van der Waals surface area contributed by atoms with E-state index in [-0.39, 0.29) is 18.3 Å². The molecule has 1 aliphatic heterocycles. The van der Waals surface area contributed by atoms with Crippen molar-refractivity contribution in [3.63, 3.8) is 0 Å². The first-order chi connectivity index (χ1) is 11.8. The summed E-state index contributed by atoms with van der Waals surface area (Å²) in [6.07, 6.45) is 5.77. The number of benzene rings is 1. The molecule has 0 spiro atoms. The van der Waals surface area contributed by atoms with Gasteiger partial charge in [-0.1, -0.05) is 18.2 Å². The standard InChI is InChI=1S/C18H19N5O.ClH/c24-18(17-7-9-23(22-17)15-5-3-8-19-12-15)21-14-10-13-4-1-2-6-16(13)20-11-14;/h1-2,4,6-7,9-11,15,19H,3,5,8,12H2,(H,21,24);1H. The fourth-order valence-electron chi connectivity index (χ4n) is 3.06. The Morgan fingerprint density at radius 2 is 2.16 bits per heavy atom. The first-order valence-corrected chi connectivity index (χ1v) is 8.21. The zero-order chi connectivity index (χ0) is 16.4. The number of hydrogen-bond donors (Lipinski definition) is 2. The Bertz CT molecular complexity index is 873. The maximum Gasteiger partial charge on any atom is 0.276 e. The van der Waals surface area contributed by atoms with E-state index in [9.17, 15) is 4.79 Å². The van der Waals surface area contributed by atoms with Gasteiger partial charge in [0.25, 0.3) is 5.91 Å². The number of amides is 1. The Kier molecular flexibility index (Phi) is 5.31. The van der Waals surface area contributed by atoms with E-state index in [1.54, 1.807) is 12.3 Å². The Morgan fingerprint density at radius 1 is 1.28 bits per heavy atom. The Labute approximate surface area is 152 Å². The van der Waals surface area contributed by atoms with Gasteiger partial charge in [0, 0.05) is 18.1 Å². The minimum atomic E-state index is -0.213. The van der Waals surface area contributed by atoms with Crippen LogP contribution < -0.4 is 10.6 Å². The third-order valence-corrected chi connectivity index (χ3v) is 4.33. The summed E-state index contributed by atoms with van der Waals surface area (Å²) < 4.78 is 1.89. The summed E-state index contributed by atoms with van der Waals surface area (Å²) in [5.41, 5.74) is 2.01. The molecule has 2 N–H and O–H groups in total. The van der Waals surface area contributed by atoms with E-state index in [1.807, 2.05) is 41.2 Å². The number of carbonyl (C=O) groups is 1. The monoisotopic (exact) mass is 357 g/mol. The van der Waals surface area contributed by atoms with Crippen LogP contribution in [-0.4, -0.2) is 33.8 Å². The van der Waals surface area contributed by atoms with E-state index in [2.05, 4.69) is 20.7 Å². The predicted octanol–water partition coefficient (Wildman–Crippen LogP) is 3.03. The molecule has 1 aliphatic rings. The number of anilines is 1. The molecule has 7 heteroatoms. The van der Waals surface area contributed by atoms with Crippen LogP contribution in [0.25, 0.3) is 10.9 Å². The van der Waals surface area contributed by atoms with E-state index in [4.69, 9.17) is 0 Å². The van der Waals surface area contributed by atoms with Crippen molar-refractivity contribution in [3.05, 3.63) is 54.5 Å². The van der Waals surface area contributed by atoms with Crippen LogP contribution in [0, 0.1) is 0 Å². The second kappa shape index (κ2) is 7.63. The van der Waals surface area contributed by atoms with Crippen molar-refractivity contribution in [2.45, 2.75) is 18.9 Å². The van der Waals surface area contributed by atoms with Crippen molar-refractivity contribution in [2.24, 2.45) is 0 Å². The molecule has 0 aliphatic carbocycles. The largest absolute Gasteiger partial charge is 0.319 e. The maximum atomic E-state index is 12.4. The fourth-order valence-corrected chi connectivity index (χ4v) is 3.06. The lowest BCUT2D eigenvalue weighted by Gasteiger charge is -2.22. The minimum absolute atomic E-state index is 0. The van der Waals surface area contributed by atoms with Gasteiger partial charge in [0.2, 0.25) is 0 Å². The molecule has 1 unspecified atom stereocenters. The van der Waals surface area contributed by atoms with Crippen molar-refractivity contribution < 1.29 is 4.79 Å². The van der Waals surface area contributed by atoms with Crippen molar-refractivity contribution in [1.29, 1.82) is 0 Å². The van der Waals surface area contributed by atoms with Gasteiger partial charge >= 0.3 is 0 Å². The van der Waals surface area contributed by atoms with Crippen molar-refractivity contribution in [3.8, 4) is 0 Å². The van der Waals surface area contributed by atoms with Gasteiger partial charge in [-0.2, -0.15) is 5.10 Å². The highest BCUT2D eigenvalue weighted by atomic mass is 35.5. The van der Waals surface area contributed by atoms with Crippen LogP contribution in [0.5, 0.6) is 0 Å². The average Bonchev–Trinajstić information content (AvgIpc) is 3.13. The van der Waals surface area contributed by atoms with Crippen LogP contribution >= 0.6 is 12.4 Å². The quantitative estimate of drug-likeness (QED) is 0.755. The number of rotatable bonds is 3. The molecule has 1 fully saturated rings. The molecule has 0 saturated carbocycles. The molecule has 3 heterocycles. The lowest BCUT2D eigenvalue weighted by Crippen LogP contribution is -2.32. The van der Waals surface area contributed by atoms with Gasteiger partial charge in [0.05, 0.1) is 23.4 Å². The molecule has 1 atom stereocenters. The number of hydrogen-bond acceptors (Lipinski definition) is 4. The Balaban J connectivity index is 0.00000182. The van der Waals surface area contributed by atoms with Crippen LogP contribution in [0.1, 0.15) is 29.4 Å². The summed E-state index contributed by atoms with van der Waals surface area (Å²) in [7, 11) is 0. The highest BCUT2D eigenvalue weighted by molar-refractivity contribution is 6.03. The lowest BCUT2D eigenvalue weighted by molar-refractivity contribution is 0.102. The van der Waals surface area contributed by atoms with Crippen molar-refractivity contribution in [2.75, 3.05) is 18.4 Å². The van der Waals surface area contributed by atoms with Gasteiger partial charge in [0.1, 0.15) is 0 Å². The summed E-state index contributed by atoms with van der Waals surface area (Å²) >= 11 is 0. The van der Waals surface area contributed by atoms with E-state index >= 15 is 0 Å². The van der Waals surface area contributed by atoms with Crippen molar-refractivity contribution in [1.82, 2.24) is 20.1 Å². The second-order valence-electron chi connectivity index (χ2n) is 6.05. The van der Waals surface area contributed by atoms with Gasteiger partial charge in [0.15, 0.2) is 5.69 Å². The van der Waals surface area contributed by atoms with Gasteiger partial charge in [-0.3, -0.25) is 14.5 Å². The summed E-state index contributed by atoms with van der Waals surface area (Å²) in [6, 6.07) is 11.8. The van der Waals surface area contributed by atoms with Gasteiger partial charge in [-0.05, 0) is 37.6 Å². The summed E-state index contributed by atoms with van der Waals surface area (Å²) in [5.74, 6) is -0.213. The van der Waals surface area contributed by atoms with Crippen LogP contribution in [-0.2, 0) is 0 Å². The van der Waals surface area contributed by atoms with E-state index in [1.165, 1.54) is 0 Å². The fraction of sp³-hybridized carbons (Fsp3) is 0.278. The predicted molar refractivity (Wildman–Crippen MR) is 100 cm³/mol. The summed E-state index contributed by atoms with van der Waals surface area (Å²) in [5, 5.41) is 11.7. The number of aromatic nitrogens is 3. The maximum absolute atomic E-state index is 12.4. The normalized spacial score (nSPS) is 17.0. The average molecular weight is 358 g/mol. The summed E-state index contributed by atoms with van der Waals surface area (Å²) in [6.45, 7) is 1.96. The number of nitrogens with one attached hydrogen (secondary N) is 2. The zero-order valence-corrected chi connectivity index (χ0v) is 14.5. The molecule has 1 amide bonds. The molecule has 25 heavy (non-hydrogen) atoms. The van der Waals surface area contributed by atoms with Crippen LogP contribution in [0.2, 0.25) is 0 Å². The smallest absolute Gasteiger partial charge is 0.276 e. The number of fused-ring (bicyclic) bond motifs is 1. The van der Waals surface area contributed by atoms with Gasteiger partial charge < -0.3 is 10.6 Å². The lowest BCUT2D eigenvalue weighted by atomic mass is 10.1. The SMILES string of the molecule is Cl.O=C(Nc1cnc2ccccc2c1)c1ccn(C2CCCNC2)n1. The topological polar surface area (TPSA) is 71.8 Å². The van der Waals surface area contributed by atoms with E-state index in [0.29, 0.717) is 17.4 Å². The molecule has 4 rings (SSSR count). The molecule has 0 radical (unpaired) electrons. The number of para-hydroxylation sites is 1. The van der Waals surface area contributed by atoms with Crippen molar-refractivity contribution >= 4 is 34.9 Å². The molecule has 1 saturated heterocycles. The highest BCUT2D eigenvalue weighted by Crippen LogP contribution is 2.18. The molecular formula is C18H20ClN5O. The molecule has 6 nitrogen and oxygen atoms in total. The zero-order valence-electron chi connectivity index (χ0n) is 13.7. The molecule has 2 aromatic heterocycles. The Hall–Kier alpha value is -2.44. The van der Waals surface area contributed by atoms with E-state index < -0.39 is 0 Å². The third-order valence-electron chi connectivity index (χ3n) is 4.33. The second-order valence-corrected chi connectivity index (χ2v) is 6.05. The Morgan fingerprint density at radius 3 is 3.00 bits per heavy atom. The van der Waals surface area contributed by atoms with Gasteiger partial charge in [-0.25, -0.2) is 0 Å². The van der Waals surface area contributed by atoms with Crippen LogP contribution in [0.4, 0.5) is 5.69 Å². The molecule has 1 aromatic carbocycles. The minimum Gasteiger partial charge on any atom is -0.319 e. The number of pyridine rings is 1. The number of piperidine rings is 1. The molecule has 130 valence electrons. The van der Waals surface area contributed by atoms with E-state index in [0.717, 1.165) is 36.8 Å². The summed E-state index contributed by atoms with van der Waals surface area (Å²) in [4.78, 5) is 16.8.